The molecule has 1 aliphatic carbocycles. The molecule has 4 nitrogen and oxygen atoms in total. The molecule has 0 amide bonds. The second kappa shape index (κ2) is 4.95. The van der Waals surface area contributed by atoms with E-state index in [1.165, 1.54) is 5.56 Å². The van der Waals surface area contributed by atoms with E-state index in [4.69, 9.17) is 5.26 Å². The summed E-state index contributed by atoms with van der Waals surface area (Å²) in [5, 5.41) is 12.5. The van der Waals surface area contributed by atoms with Crippen LogP contribution in [0.2, 0.25) is 0 Å². The number of pyridine rings is 1. The highest BCUT2D eigenvalue weighted by Crippen LogP contribution is 2.28. The number of rotatable bonds is 3. The normalized spacial score (nSPS) is 19.1. The van der Waals surface area contributed by atoms with Gasteiger partial charge in [0.15, 0.2) is 0 Å². The third kappa shape index (κ3) is 2.80. The molecule has 4 heteroatoms. The molecule has 96 valence electrons. The van der Waals surface area contributed by atoms with Crippen molar-refractivity contribution in [2.75, 3.05) is 6.54 Å². The lowest BCUT2D eigenvalue weighted by Crippen LogP contribution is -2.34. The van der Waals surface area contributed by atoms with Crippen molar-refractivity contribution < 1.29 is 0 Å². The molecule has 0 aliphatic heterocycles. The maximum atomic E-state index is 11.3. The summed E-state index contributed by atoms with van der Waals surface area (Å²) in [5.41, 5.74) is 1.82. The van der Waals surface area contributed by atoms with Crippen molar-refractivity contribution in [2.45, 2.75) is 39.2 Å². The highest BCUT2D eigenvalue weighted by molar-refractivity contribution is 5.26. The van der Waals surface area contributed by atoms with Crippen molar-refractivity contribution >= 4 is 0 Å². The first kappa shape index (κ1) is 12.8. The maximum absolute atomic E-state index is 11.3. The molecule has 0 saturated carbocycles. The minimum absolute atomic E-state index is 0.0354. The quantitative estimate of drug-likeness (QED) is 0.854. The first-order chi connectivity index (χ1) is 8.52. The van der Waals surface area contributed by atoms with Gasteiger partial charge in [0.2, 0.25) is 5.56 Å². The predicted octanol–water partition coefficient (Wildman–Crippen LogP) is 1.89. The van der Waals surface area contributed by atoms with Crippen LogP contribution in [0.1, 0.15) is 44.0 Å². The SMILES string of the molecule is CC(C)(C#N)CNC1CCCc2[nH]c(=O)ccc21. The monoisotopic (exact) mass is 245 g/mol. The van der Waals surface area contributed by atoms with Crippen LogP contribution in [-0.2, 0) is 6.42 Å². The molecule has 0 radical (unpaired) electrons. The minimum Gasteiger partial charge on any atom is -0.326 e. The smallest absolute Gasteiger partial charge is 0.248 e. The van der Waals surface area contributed by atoms with Crippen molar-refractivity contribution in [3.8, 4) is 6.07 Å². The van der Waals surface area contributed by atoms with Gasteiger partial charge in [-0.1, -0.05) is 6.07 Å². The van der Waals surface area contributed by atoms with Crippen molar-refractivity contribution in [1.82, 2.24) is 10.3 Å². The summed E-state index contributed by atoms with van der Waals surface area (Å²) < 4.78 is 0. The topological polar surface area (TPSA) is 68.7 Å². The average molecular weight is 245 g/mol. The highest BCUT2D eigenvalue weighted by Gasteiger charge is 2.23. The average Bonchev–Trinajstić information content (AvgIpc) is 2.36. The lowest BCUT2D eigenvalue weighted by Gasteiger charge is -2.28. The number of nitrogens with one attached hydrogen (secondary N) is 2. The van der Waals surface area contributed by atoms with Gasteiger partial charge in [0, 0.05) is 24.3 Å². The molecule has 1 unspecified atom stereocenters. The zero-order valence-electron chi connectivity index (χ0n) is 10.9. The van der Waals surface area contributed by atoms with Gasteiger partial charge < -0.3 is 10.3 Å². The molecular weight excluding hydrogens is 226 g/mol. The summed E-state index contributed by atoms with van der Waals surface area (Å²) in [4.78, 5) is 14.2. The van der Waals surface area contributed by atoms with Crippen LogP contribution in [0.4, 0.5) is 0 Å². The third-order valence-electron chi connectivity index (χ3n) is 3.42. The summed E-state index contributed by atoms with van der Waals surface area (Å²) in [6, 6.07) is 6.03. The summed E-state index contributed by atoms with van der Waals surface area (Å²) in [5.74, 6) is 0. The van der Waals surface area contributed by atoms with Gasteiger partial charge in [0.05, 0.1) is 11.5 Å². The zero-order chi connectivity index (χ0) is 13.2. The van der Waals surface area contributed by atoms with E-state index in [1.807, 2.05) is 19.9 Å². The van der Waals surface area contributed by atoms with Crippen LogP contribution in [0.15, 0.2) is 16.9 Å². The van der Waals surface area contributed by atoms with Crippen LogP contribution >= 0.6 is 0 Å². The van der Waals surface area contributed by atoms with Crippen molar-refractivity contribution in [3.63, 3.8) is 0 Å². The number of nitriles is 1. The maximum Gasteiger partial charge on any atom is 0.248 e. The van der Waals surface area contributed by atoms with Crippen molar-refractivity contribution in [1.29, 1.82) is 5.26 Å². The van der Waals surface area contributed by atoms with E-state index in [0.29, 0.717) is 6.54 Å². The van der Waals surface area contributed by atoms with E-state index in [1.54, 1.807) is 6.07 Å². The predicted molar refractivity (Wildman–Crippen MR) is 70.1 cm³/mol. The van der Waals surface area contributed by atoms with Crippen LogP contribution in [-0.4, -0.2) is 11.5 Å². The summed E-state index contributed by atoms with van der Waals surface area (Å²) in [7, 11) is 0. The molecule has 0 saturated heterocycles. The lowest BCUT2D eigenvalue weighted by molar-refractivity contribution is 0.376. The van der Waals surface area contributed by atoms with E-state index in [2.05, 4.69) is 16.4 Å². The summed E-state index contributed by atoms with van der Waals surface area (Å²) in [6.45, 7) is 4.51. The van der Waals surface area contributed by atoms with E-state index in [-0.39, 0.29) is 17.0 Å². The molecule has 1 atom stereocenters. The van der Waals surface area contributed by atoms with Crippen LogP contribution < -0.4 is 10.9 Å². The fourth-order valence-corrected chi connectivity index (χ4v) is 2.33. The second-order valence-electron chi connectivity index (χ2n) is 5.58. The van der Waals surface area contributed by atoms with Crippen molar-refractivity contribution in [2.24, 2.45) is 5.41 Å². The Bertz CT molecular complexity index is 525. The Morgan fingerprint density at radius 3 is 3.06 bits per heavy atom. The van der Waals surface area contributed by atoms with Gasteiger partial charge in [-0.15, -0.1) is 0 Å². The molecule has 2 rings (SSSR count). The molecule has 1 aromatic rings. The second-order valence-corrected chi connectivity index (χ2v) is 5.58. The van der Waals surface area contributed by atoms with Crippen LogP contribution in [0.25, 0.3) is 0 Å². The molecule has 0 spiro atoms. The number of aromatic nitrogens is 1. The summed E-state index contributed by atoms with van der Waals surface area (Å²) in [6.07, 6.45) is 3.06. The molecule has 0 fully saturated rings. The standard InChI is InChI=1S/C14H19N3O/c1-14(2,8-15)9-16-11-4-3-5-12-10(11)6-7-13(18)17-12/h6-7,11,16H,3-5,9H2,1-2H3,(H,17,18). The van der Waals surface area contributed by atoms with Crippen LogP contribution in [0, 0.1) is 16.7 Å². The molecular formula is C14H19N3O. The Kier molecular flexibility index (Phi) is 3.53. The van der Waals surface area contributed by atoms with Crippen LogP contribution in [0.3, 0.4) is 0 Å². The van der Waals surface area contributed by atoms with Gasteiger partial charge in [0.25, 0.3) is 0 Å². The largest absolute Gasteiger partial charge is 0.326 e. The Morgan fingerprint density at radius 2 is 2.33 bits per heavy atom. The number of hydrogen-bond donors (Lipinski definition) is 2. The van der Waals surface area contributed by atoms with E-state index in [0.717, 1.165) is 25.0 Å². The number of nitrogens with zero attached hydrogens (tertiary/aromatic N) is 1. The van der Waals surface area contributed by atoms with Gasteiger partial charge in [-0.2, -0.15) is 5.26 Å². The van der Waals surface area contributed by atoms with E-state index < -0.39 is 0 Å². The minimum atomic E-state index is -0.361. The Labute approximate surface area is 107 Å². The van der Waals surface area contributed by atoms with Crippen LogP contribution in [0.5, 0.6) is 0 Å². The Morgan fingerprint density at radius 1 is 1.56 bits per heavy atom. The number of aryl methyl sites for hydroxylation is 1. The molecule has 1 aromatic heterocycles. The van der Waals surface area contributed by atoms with Gasteiger partial charge in [0.1, 0.15) is 0 Å². The number of hydrogen-bond acceptors (Lipinski definition) is 3. The highest BCUT2D eigenvalue weighted by atomic mass is 16.1. The molecule has 0 aromatic carbocycles. The number of fused-ring (bicyclic) bond motifs is 1. The van der Waals surface area contributed by atoms with E-state index in [9.17, 15) is 4.79 Å². The first-order valence-electron chi connectivity index (χ1n) is 6.38. The van der Waals surface area contributed by atoms with Gasteiger partial charge in [-0.05, 0) is 38.7 Å². The Hall–Kier alpha value is -1.60. The van der Waals surface area contributed by atoms with Gasteiger partial charge in [-0.25, -0.2) is 0 Å². The number of aromatic amines is 1. The lowest BCUT2D eigenvalue weighted by atomic mass is 9.89. The molecule has 18 heavy (non-hydrogen) atoms. The molecule has 0 bridgehead atoms. The molecule has 1 aliphatic rings. The van der Waals surface area contributed by atoms with Crippen molar-refractivity contribution in [3.05, 3.63) is 33.7 Å². The van der Waals surface area contributed by atoms with Gasteiger partial charge >= 0.3 is 0 Å². The summed E-state index contributed by atoms with van der Waals surface area (Å²) >= 11 is 0. The third-order valence-corrected chi connectivity index (χ3v) is 3.42. The first-order valence-corrected chi connectivity index (χ1v) is 6.38. The molecule has 1 heterocycles. The zero-order valence-corrected chi connectivity index (χ0v) is 10.9. The fraction of sp³-hybridized carbons (Fsp3) is 0.571. The number of H-pyrrole nitrogens is 1. The molecule has 2 N–H and O–H groups in total. The fourth-order valence-electron chi connectivity index (χ4n) is 2.33. The van der Waals surface area contributed by atoms with Gasteiger partial charge in [-0.3, -0.25) is 4.79 Å². The Balaban J connectivity index is 2.14. The van der Waals surface area contributed by atoms with E-state index >= 15 is 0 Å².